The number of anilines is 1. The molecule has 2 amide bonds. The van der Waals surface area contributed by atoms with E-state index < -0.39 is 0 Å². The van der Waals surface area contributed by atoms with E-state index in [1.807, 2.05) is 35.2 Å². The van der Waals surface area contributed by atoms with Crippen LogP contribution in [0.4, 0.5) is 5.69 Å². The van der Waals surface area contributed by atoms with Crippen LogP contribution in [0.15, 0.2) is 54.6 Å². The molecule has 2 fully saturated rings. The lowest BCUT2D eigenvalue weighted by Gasteiger charge is -2.40. The third-order valence-electron chi connectivity index (χ3n) is 5.72. The van der Waals surface area contributed by atoms with Gasteiger partial charge in [-0.05, 0) is 43.2 Å². The number of amides is 2. The van der Waals surface area contributed by atoms with Crippen molar-refractivity contribution in [1.82, 2.24) is 9.80 Å². The van der Waals surface area contributed by atoms with Crippen molar-refractivity contribution in [2.24, 2.45) is 0 Å². The van der Waals surface area contributed by atoms with Crippen molar-refractivity contribution in [3.8, 4) is 0 Å². The van der Waals surface area contributed by atoms with Gasteiger partial charge in [-0.2, -0.15) is 0 Å². The molecule has 2 aromatic carbocycles. The molecule has 2 saturated heterocycles. The Kier molecular flexibility index (Phi) is 5.44. The van der Waals surface area contributed by atoms with E-state index in [0.29, 0.717) is 12.0 Å². The van der Waals surface area contributed by atoms with Crippen LogP contribution in [0.2, 0.25) is 0 Å². The van der Waals surface area contributed by atoms with Crippen LogP contribution in [-0.2, 0) is 11.3 Å². The molecule has 2 aromatic rings. The maximum Gasteiger partial charge on any atom is 0.254 e. The van der Waals surface area contributed by atoms with Gasteiger partial charge in [-0.3, -0.25) is 14.5 Å². The van der Waals surface area contributed by atoms with Crippen LogP contribution in [0.1, 0.15) is 35.7 Å². The maximum absolute atomic E-state index is 13.0. The molecule has 2 heterocycles. The van der Waals surface area contributed by atoms with Crippen molar-refractivity contribution in [1.29, 1.82) is 0 Å². The Morgan fingerprint density at radius 1 is 1.00 bits per heavy atom. The molecule has 1 atom stereocenters. The van der Waals surface area contributed by atoms with E-state index in [-0.39, 0.29) is 17.9 Å². The Labute approximate surface area is 166 Å². The van der Waals surface area contributed by atoms with Gasteiger partial charge in [-0.25, -0.2) is 0 Å². The highest BCUT2D eigenvalue weighted by molar-refractivity contribution is 5.97. The lowest BCUT2D eigenvalue weighted by Crippen LogP contribution is -2.53. The predicted molar refractivity (Wildman–Crippen MR) is 110 cm³/mol. The number of piperazine rings is 1. The van der Waals surface area contributed by atoms with Crippen LogP contribution >= 0.6 is 0 Å². The molecule has 28 heavy (non-hydrogen) atoms. The molecule has 0 radical (unpaired) electrons. The van der Waals surface area contributed by atoms with Crippen LogP contribution in [-0.4, -0.2) is 53.8 Å². The van der Waals surface area contributed by atoms with Gasteiger partial charge in [-0.15, -0.1) is 0 Å². The first-order chi connectivity index (χ1) is 13.6. The lowest BCUT2D eigenvalue weighted by molar-refractivity contribution is -0.117. The summed E-state index contributed by atoms with van der Waals surface area (Å²) in [6, 6.07) is 18.1. The van der Waals surface area contributed by atoms with Crippen molar-refractivity contribution in [2.75, 3.05) is 31.1 Å². The summed E-state index contributed by atoms with van der Waals surface area (Å²) in [5, 5.41) is 0. The number of nitrogens with zero attached hydrogens (tertiary/aromatic N) is 3. The Morgan fingerprint density at radius 3 is 2.39 bits per heavy atom. The Hall–Kier alpha value is -2.66. The minimum Gasteiger partial charge on any atom is -0.333 e. The minimum absolute atomic E-state index is 0.0751. The predicted octanol–water partition coefficient (Wildman–Crippen LogP) is 3.16. The smallest absolute Gasteiger partial charge is 0.254 e. The average Bonchev–Trinajstić information content (AvgIpc) is 3.14. The number of carbonyl (C=O) groups is 2. The molecule has 2 aliphatic rings. The van der Waals surface area contributed by atoms with E-state index in [1.54, 1.807) is 4.90 Å². The minimum atomic E-state index is 0.0751. The van der Waals surface area contributed by atoms with E-state index in [1.165, 1.54) is 5.56 Å². The molecule has 4 rings (SSSR count). The summed E-state index contributed by atoms with van der Waals surface area (Å²) in [6.07, 6.45) is 1.52. The monoisotopic (exact) mass is 377 g/mol. The molecule has 2 aliphatic heterocycles. The summed E-state index contributed by atoms with van der Waals surface area (Å²) in [5.74, 6) is 0.244. The van der Waals surface area contributed by atoms with E-state index in [2.05, 4.69) is 36.1 Å². The van der Waals surface area contributed by atoms with Gasteiger partial charge in [0.1, 0.15) is 0 Å². The molecule has 0 bridgehead atoms. The van der Waals surface area contributed by atoms with Gasteiger partial charge in [-0.1, -0.05) is 30.3 Å². The molecular weight excluding hydrogens is 350 g/mol. The van der Waals surface area contributed by atoms with Crippen LogP contribution in [0.5, 0.6) is 0 Å². The first-order valence-corrected chi connectivity index (χ1v) is 10.1. The second kappa shape index (κ2) is 8.15. The fraction of sp³-hybridized carbons (Fsp3) is 0.391. The first kappa shape index (κ1) is 18.7. The van der Waals surface area contributed by atoms with Gasteiger partial charge in [0.15, 0.2) is 0 Å². The van der Waals surface area contributed by atoms with Crippen molar-refractivity contribution in [2.45, 2.75) is 32.4 Å². The zero-order valence-electron chi connectivity index (χ0n) is 16.4. The molecule has 0 N–H and O–H groups in total. The molecule has 1 unspecified atom stereocenters. The van der Waals surface area contributed by atoms with Gasteiger partial charge in [0.2, 0.25) is 5.91 Å². The fourth-order valence-corrected chi connectivity index (χ4v) is 4.19. The second-order valence-electron chi connectivity index (χ2n) is 7.76. The molecule has 5 nitrogen and oxygen atoms in total. The standard InChI is InChI=1S/C23H27N3O2/c1-18-16-24(17-19-6-3-2-4-7-19)14-15-25(18)23(28)20-9-11-21(12-10-20)26-13-5-8-22(26)27/h2-4,6-7,9-12,18H,5,8,13-17H2,1H3. The number of hydrogen-bond acceptors (Lipinski definition) is 3. The van der Waals surface area contributed by atoms with E-state index in [4.69, 9.17) is 0 Å². The third-order valence-corrected chi connectivity index (χ3v) is 5.72. The molecule has 0 spiro atoms. The Morgan fingerprint density at radius 2 is 1.75 bits per heavy atom. The number of rotatable bonds is 4. The summed E-state index contributed by atoms with van der Waals surface area (Å²) >= 11 is 0. The van der Waals surface area contributed by atoms with Crippen molar-refractivity contribution in [3.63, 3.8) is 0 Å². The lowest BCUT2D eigenvalue weighted by atomic mass is 10.1. The summed E-state index contributed by atoms with van der Waals surface area (Å²) in [7, 11) is 0. The Bertz CT molecular complexity index is 835. The van der Waals surface area contributed by atoms with Gasteiger partial charge in [0.25, 0.3) is 5.91 Å². The molecule has 5 heteroatoms. The number of hydrogen-bond donors (Lipinski definition) is 0. The van der Waals surface area contributed by atoms with Crippen LogP contribution in [0.3, 0.4) is 0 Å². The highest BCUT2D eigenvalue weighted by Crippen LogP contribution is 2.23. The largest absolute Gasteiger partial charge is 0.333 e. The molecule has 146 valence electrons. The summed E-state index contributed by atoms with van der Waals surface area (Å²) in [5.41, 5.74) is 2.89. The summed E-state index contributed by atoms with van der Waals surface area (Å²) in [4.78, 5) is 31.1. The van der Waals surface area contributed by atoms with Crippen molar-refractivity contribution >= 4 is 17.5 Å². The highest BCUT2D eigenvalue weighted by Gasteiger charge is 2.28. The first-order valence-electron chi connectivity index (χ1n) is 10.1. The zero-order valence-corrected chi connectivity index (χ0v) is 16.4. The third kappa shape index (κ3) is 3.94. The van der Waals surface area contributed by atoms with Gasteiger partial charge >= 0.3 is 0 Å². The maximum atomic E-state index is 13.0. The van der Waals surface area contributed by atoms with E-state index >= 15 is 0 Å². The summed E-state index contributed by atoms with van der Waals surface area (Å²) < 4.78 is 0. The molecule has 0 aliphatic carbocycles. The fourth-order valence-electron chi connectivity index (χ4n) is 4.19. The number of benzene rings is 2. The zero-order chi connectivity index (χ0) is 19.5. The van der Waals surface area contributed by atoms with Crippen LogP contribution in [0.25, 0.3) is 0 Å². The molecular formula is C23H27N3O2. The van der Waals surface area contributed by atoms with Crippen molar-refractivity contribution in [3.05, 3.63) is 65.7 Å². The molecule has 0 saturated carbocycles. The normalized spacial score (nSPS) is 20.6. The van der Waals surface area contributed by atoms with Gasteiger partial charge in [0, 0.05) is 56.4 Å². The van der Waals surface area contributed by atoms with Gasteiger partial charge < -0.3 is 9.80 Å². The van der Waals surface area contributed by atoms with Crippen molar-refractivity contribution < 1.29 is 9.59 Å². The van der Waals surface area contributed by atoms with E-state index in [9.17, 15) is 9.59 Å². The Balaban J connectivity index is 1.38. The summed E-state index contributed by atoms with van der Waals surface area (Å²) in [6.45, 7) is 6.30. The van der Waals surface area contributed by atoms with Gasteiger partial charge in [0.05, 0.1) is 0 Å². The second-order valence-corrected chi connectivity index (χ2v) is 7.76. The quantitative estimate of drug-likeness (QED) is 0.822. The van der Waals surface area contributed by atoms with E-state index in [0.717, 1.165) is 44.8 Å². The number of carbonyl (C=O) groups excluding carboxylic acids is 2. The SMILES string of the molecule is CC1CN(Cc2ccccc2)CCN1C(=O)c1ccc(N2CCCC2=O)cc1. The van der Waals surface area contributed by atoms with Crippen LogP contribution < -0.4 is 4.90 Å². The average molecular weight is 377 g/mol. The topological polar surface area (TPSA) is 43.9 Å². The van der Waals surface area contributed by atoms with Crippen LogP contribution in [0, 0.1) is 0 Å². The highest BCUT2D eigenvalue weighted by atomic mass is 16.2. The molecule has 0 aromatic heterocycles.